The van der Waals surface area contributed by atoms with E-state index in [-0.39, 0.29) is 28.2 Å². The minimum atomic E-state index is -0.525. The van der Waals surface area contributed by atoms with Crippen LogP contribution in [0.1, 0.15) is 46.8 Å². The Morgan fingerprint density at radius 3 is 2.23 bits per heavy atom. The molecule has 0 unspecified atom stereocenters. The maximum absolute atomic E-state index is 14.0. The maximum atomic E-state index is 14.0. The molecule has 5 rings (SSSR count). The lowest BCUT2D eigenvalue weighted by Gasteiger charge is -2.30. The molecule has 0 bridgehead atoms. The summed E-state index contributed by atoms with van der Waals surface area (Å²) < 4.78 is 0. The van der Waals surface area contributed by atoms with Gasteiger partial charge in [0.25, 0.3) is 11.6 Å². The lowest BCUT2D eigenvalue weighted by atomic mass is 9.77. The van der Waals surface area contributed by atoms with E-state index in [1.54, 1.807) is 0 Å². The summed E-state index contributed by atoms with van der Waals surface area (Å²) in [6, 6.07) is 20.0. The standard InChI is InChI=1S/C31H32ClN5O3/c1-34(2)23-12-8-20(9-13-23)18-22-6-5-7-26-29(22)33-36(30(26)21-10-14-24(15-11-21)35(3)4)31(38)27-19-25(37(39)40)16-17-28(27)32/h8-19,26,30H,5-7H2,1-4H3/b22-18+/t26-,30-/m1/s1. The lowest BCUT2D eigenvalue weighted by Crippen LogP contribution is -2.32. The molecule has 3 aromatic rings. The minimum Gasteiger partial charge on any atom is -0.378 e. The predicted molar refractivity (Wildman–Crippen MR) is 161 cm³/mol. The molecule has 1 aliphatic carbocycles. The Kier molecular flexibility index (Phi) is 7.63. The van der Waals surface area contributed by atoms with Crippen LogP contribution in [0.15, 0.2) is 77.4 Å². The summed E-state index contributed by atoms with van der Waals surface area (Å²) >= 11 is 6.41. The van der Waals surface area contributed by atoms with Gasteiger partial charge in [-0.2, -0.15) is 5.10 Å². The van der Waals surface area contributed by atoms with Gasteiger partial charge in [0.1, 0.15) is 0 Å². The van der Waals surface area contributed by atoms with E-state index < -0.39 is 10.8 Å². The molecule has 1 aliphatic heterocycles. The van der Waals surface area contributed by atoms with Crippen molar-refractivity contribution in [3.63, 3.8) is 0 Å². The first-order valence-corrected chi connectivity index (χ1v) is 13.6. The van der Waals surface area contributed by atoms with Crippen molar-refractivity contribution < 1.29 is 9.72 Å². The van der Waals surface area contributed by atoms with Crippen LogP contribution >= 0.6 is 11.6 Å². The van der Waals surface area contributed by atoms with Crippen LogP contribution in [-0.4, -0.2) is 49.7 Å². The van der Waals surface area contributed by atoms with Crippen molar-refractivity contribution in [2.24, 2.45) is 11.0 Å². The number of hydrazone groups is 1. The summed E-state index contributed by atoms with van der Waals surface area (Å²) in [5.74, 6) is -0.459. The van der Waals surface area contributed by atoms with Crippen LogP contribution in [0.5, 0.6) is 0 Å². The highest BCUT2D eigenvalue weighted by Crippen LogP contribution is 2.45. The van der Waals surface area contributed by atoms with Crippen LogP contribution in [-0.2, 0) is 0 Å². The van der Waals surface area contributed by atoms with Gasteiger partial charge < -0.3 is 9.80 Å². The van der Waals surface area contributed by atoms with Crippen molar-refractivity contribution >= 4 is 46.4 Å². The Morgan fingerprint density at radius 1 is 1.00 bits per heavy atom. The minimum absolute atomic E-state index is 0.00678. The SMILES string of the molecule is CN(C)c1ccc(/C=C2\CCC[C@@H]3C2=NN(C(=O)c2cc([N+](=O)[O-])ccc2Cl)[C@@H]3c2ccc(N(C)C)cc2)cc1. The van der Waals surface area contributed by atoms with Gasteiger partial charge in [0.15, 0.2) is 0 Å². The van der Waals surface area contributed by atoms with E-state index in [2.05, 4.69) is 35.2 Å². The van der Waals surface area contributed by atoms with E-state index in [1.807, 2.05) is 57.4 Å². The van der Waals surface area contributed by atoms with E-state index in [0.717, 1.165) is 53.0 Å². The molecule has 0 spiro atoms. The third-order valence-corrected chi connectivity index (χ3v) is 7.93. The molecule has 3 aromatic carbocycles. The monoisotopic (exact) mass is 557 g/mol. The van der Waals surface area contributed by atoms with Gasteiger partial charge >= 0.3 is 0 Å². The van der Waals surface area contributed by atoms with Crippen molar-refractivity contribution in [2.75, 3.05) is 38.0 Å². The number of anilines is 2. The average molecular weight is 558 g/mol. The third kappa shape index (κ3) is 5.31. The summed E-state index contributed by atoms with van der Waals surface area (Å²) in [5.41, 5.74) is 6.07. The molecule has 2 aliphatic rings. The molecule has 206 valence electrons. The summed E-state index contributed by atoms with van der Waals surface area (Å²) in [6.45, 7) is 0. The molecule has 1 heterocycles. The topological polar surface area (TPSA) is 82.3 Å². The summed E-state index contributed by atoms with van der Waals surface area (Å²) in [6.07, 6.45) is 4.86. The van der Waals surface area contributed by atoms with Gasteiger partial charge in [-0.3, -0.25) is 14.9 Å². The largest absolute Gasteiger partial charge is 0.378 e. The van der Waals surface area contributed by atoms with Crippen molar-refractivity contribution in [2.45, 2.75) is 25.3 Å². The van der Waals surface area contributed by atoms with Gasteiger partial charge in [-0.1, -0.05) is 35.9 Å². The number of fused-ring (bicyclic) bond motifs is 1. The van der Waals surface area contributed by atoms with E-state index >= 15 is 0 Å². The second-order valence-electron chi connectivity index (χ2n) is 10.6. The number of carbonyl (C=O) groups excluding carboxylic acids is 1. The van der Waals surface area contributed by atoms with E-state index in [0.29, 0.717) is 0 Å². The van der Waals surface area contributed by atoms with E-state index in [4.69, 9.17) is 16.7 Å². The molecule has 0 aromatic heterocycles. The second-order valence-corrected chi connectivity index (χ2v) is 11.0. The van der Waals surface area contributed by atoms with E-state index in [9.17, 15) is 14.9 Å². The van der Waals surface area contributed by atoms with Gasteiger partial charge in [0.05, 0.1) is 27.3 Å². The van der Waals surface area contributed by atoms with Crippen LogP contribution in [0.3, 0.4) is 0 Å². The Labute approximate surface area is 239 Å². The van der Waals surface area contributed by atoms with Crippen LogP contribution in [0.25, 0.3) is 6.08 Å². The first-order valence-electron chi connectivity index (χ1n) is 13.3. The van der Waals surface area contributed by atoms with Crippen LogP contribution in [0.2, 0.25) is 5.02 Å². The molecule has 1 amide bonds. The fraction of sp³-hybridized carbons (Fsp3) is 0.290. The Balaban J connectivity index is 1.58. The average Bonchev–Trinajstić information content (AvgIpc) is 3.34. The van der Waals surface area contributed by atoms with E-state index in [1.165, 1.54) is 23.2 Å². The zero-order valence-electron chi connectivity index (χ0n) is 23.0. The normalized spacial score (nSPS) is 19.3. The highest BCUT2D eigenvalue weighted by molar-refractivity contribution is 6.34. The number of benzene rings is 3. The van der Waals surface area contributed by atoms with Crippen molar-refractivity contribution in [3.05, 3.63) is 104 Å². The fourth-order valence-electron chi connectivity index (χ4n) is 5.45. The predicted octanol–water partition coefficient (Wildman–Crippen LogP) is 6.82. The molecular weight excluding hydrogens is 526 g/mol. The number of nitro groups is 1. The zero-order chi connectivity index (χ0) is 28.6. The van der Waals surface area contributed by atoms with Gasteiger partial charge in [-0.05, 0) is 72.4 Å². The number of halogens is 1. The molecule has 40 heavy (non-hydrogen) atoms. The number of allylic oxidation sites excluding steroid dienone is 1. The molecule has 2 atom stereocenters. The number of hydrogen-bond acceptors (Lipinski definition) is 6. The highest BCUT2D eigenvalue weighted by atomic mass is 35.5. The van der Waals surface area contributed by atoms with Crippen molar-refractivity contribution in [3.8, 4) is 0 Å². The van der Waals surface area contributed by atoms with Crippen LogP contribution in [0.4, 0.5) is 17.1 Å². The van der Waals surface area contributed by atoms with Crippen molar-refractivity contribution in [1.29, 1.82) is 0 Å². The third-order valence-electron chi connectivity index (χ3n) is 7.60. The number of rotatable bonds is 6. The molecular formula is C31H32ClN5O3. The van der Waals surface area contributed by atoms with Crippen LogP contribution < -0.4 is 9.80 Å². The first kappa shape index (κ1) is 27.4. The molecule has 1 fully saturated rings. The molecule has 8 nitrogen and oxygen atoms in total. The Hall–Kier alpha value is -4.17. The molecule has 0 radical (unpaired) electrons. The first-order chi connectivity index (χ1) is 19.1. The smallest absolute Gasteiger partial charge is 0.276 e. The molecule has 9 heteroatoms. The number of non-ortho nitro benzene ring substituents is 1. The quantitative estimate of drug-likeness (QED) is 0.245. The van der Waals surface area contributed by atoms with Gasteiger partial charge in [0.2, 0.25) is 0 Å². The summed E-state index contributed by atoms with van der Waals surface area (Å²) in [7, 11) is 7.98. The second kappa shape index (κ2) is 11.1. The number of nitro benzene ring substituents is 1. The van der Waals surface area contributed by atoms with Crippen molar-refractivity contribution in [1.82, 2.24) is 5.01 Å². The number of carbonyl (C=O) groups is 1. The molecule has 0 N–H and O–H groups in total. The highest BCUT2D eigenvalue weighted by Gasteiger charge is 2.44. The fourth-order valence-corrected chi connectivity index (χ4v) is 5.65. The summed E-state index contributed by atoms with van der Waals surface area (Å²) in [5, 5.41) is 18.0. The lowest BCUT2D eigenvalue weighted by molar-refractivity contribution is -0.384. The Morgan fingerprint density at radius 2 is 1.62 bits per heavy atom. The van der Waals surface area contributed by atoms with Gasteiger partial charge in [0, 0.05) is 57.6 Å². The number of amides is 1. The molecule has 1 saturated carbocycles. The zero-order valence-corrected chi connectivity index (χ0v) is 23.8. The van der Waals surface area contributed by atoms with Gasteiger partial charge in [-0.25, -0.2) is 5.01 Å². The van der Waals surface area contributed by atoms with Gasteiger partial charge in [-0.15, -0.1) is 0 Å². The Bertz CT molecular complexity index is 1500. The summed E-state index contributed by atoms with van der Waals surface area (Å²) in [4.78, 5) is 29.0. The number of nitrogens with zero attached hydrogens (tertiary/aromatic N) is 5. The molecule has 0 saturated heterocycles. The maximum Gasteiger partial charge on any atom is 0.276 e. The number of hydrogen-bond donors (Lipinski definition) is 0. The van der Waals surface area contributed by atoms with Crippen LogP contribution in [0, 0.1) is 16.0 Å².